The van der Waals surface area contributed by atoms with Crippen LogP contribution in [0.25, 0.3) is 0 Å². The molecule has 0 aromatic heterocycles. The number of carbonyl (C=O) groups is 1. The highest BCUT2D eigenvalue weighted by molar-refractivity contribution is 6.21. The Balaban J connectivity index is 1.80. The van der Waals surface area contributed by atoms with Crippen LogP contribution in [0.2, 0.25) is 0 Å². The zero-order valence-electron chi connectivity index (χ0n) is 11.5. The molecule has 0 radical (unpaired) electrons. The molecule has 1 saturated heterocycles. The zero-order valence-corrected chi connectivity index (χ0v) is 12.3. The molecular formula is C16H20ClNO2. The summed E-state index contributed by atoms with van der Waals surface area (Å²) in [6.07, 6.45) is 4.66. The van der Waals surface area contributed by atoms with E-state index in [-0.39, 0.29) is 11.3 Å². The van der Waals surface area contributed by atoms with Gasteiger partial charge in [-0.05, 0) is 42.9 Å². The number of nitrogens with one attached hydrogen (secondary N) is 1. The number of halogens is 1. The maximum Gasteiger partial charge on any atom is 0.224 e. The van der Waals surface area contributed by atoms with Gasteiger partial charge in [-0.25, -0.2) is 0 Å². The summed E-state index contributed by atoms with van der Waals surface area (Å²) in [5, 5.41) is 2.96. The number of carbonyl (C=O) groups excluding carboxylic acids is 1. The number of ether oxygens (including phenoxy) is 1. The van der Waals surface area contributed by atoms with Crippen LogP contribution in [0.5, 0.6) is 0 Å². The number of hydrogen-bond acceptors (Lipinski definition) is 2. The van der Waals surface area contributed by atoms with Gasteiger partial charge >= 0.3 is 0 Å². The Morgan fingerprint density at radius 2 is 2.20 bits per heavy atom. The average Bonchev–Trinajstić information content (AvgIpc) is 2.67. The Hall–Kier alpha value is -1.06. The Morgan fingerprint density at radius 3 is 3.00 bits per heavy atom. The first-order valence-electron chi connectivity index (χ1n) is 7.38. The first-order chi connectivity index (χ1) is 9.74. The summed E-state index contributed by atoms with van der Waals surface area (Å²) in [4.78, 5) is 11.6. The normalized spacial score (nSPS) is 24.4. The molecule has 1 aromatic rings. The highest BCUT2D eigenvalue weighted by atomic mass is 35.5. The molecule has 2 aliphatic rings. The van der Waals surface area contributed by atoms with Gasteiger partial charge in [0.2, 0.25) is 5.91 Å². The van der Waals surface area contributed by atoms with Crippen molar-refractivity contribution in [2.24, 2.45) is 5.92 Å². The number of benzene rings is 1. The van der Waals surface area contributed by atoms with Crippen LogP contribution in [0.3, 0.4) is 0 Å². The van der Waals surface area contributed by atoms with Crippen LogP contribution < -0.4 is 5.32 Å². The molecule has 3 rings (SSSR count). The van der Waals surface area contributed by atoms with Crippen molar-refractivity contribution in [2.45, 2.75) is 37.5 Å². The van der Waals surface area contributed by atoms with Crippen LogP contribution in [0.1, 0.15) is 42.2 Å². The molecule has 1 amide bonds. The fourth-order valence-electron chi connectivity index (χ4n) is 3.03. The number of alkyl halides is 1. The number of fused-ring (bicyclic) bond motifs is 1. The maximum atomic E-state index is 11.6. The van der Waals surface area contributed by atoms with E-state index in [1.807, 2.05) is 12.1 Å². The van der Waals surface area contributed by atoms with Crippen molar-refractivity contribution in [1.29, 1.82) is 0 Å². The molecule has 0 spiro atoms. The summed E-state index contributed by atoms with van der Waals surface area (Å²) < 4.78 is 5.53. The molecule has 2 atom stereocenters. The number of anilines is 1. The Morgan fingerprint density at radius 1 is 1.30 bits per heavy atom. The van der Waals surface area contributed by atoms with E-state index in [9.17, 15) is 4.79 Å². The van der Waals surface area contributed by atoms with Gasteiger partial charge < -0.3 is 10.1 Å². The molecule has 2 unspecified atom stereocenters. The van der Waals surface area contributed by atoms with E-state index in [2.05, 4.69) is 11.4 Å². The van der Waals surface area contributed by atoms with Crippen LogP contribution >= 0.6 is 11.6 Å². The van der Waals surface area contributed by atoms with Gasteiger partial charge in [-0.15, -0.1) is 11.6 Å². The lowest BCUT2D eigenvalue weighted by Crippen LogP contribution is -2.21. The Kier molecular flexibility index (Phi) is 4.27. The van der Waals surface area contributed by atoms with Gasteiger partial charge in [0, 0.05) is 24.6 Å². The largest absolute Gasteiger partial charge is 0.381 e. The minimum atomic E-state index is -0.000412. The Labute approximate surface area is 124 Å². The molecule has 4 heteroatoms. The number of rotatable bonds is 2. The van der Waals surface area contributed by atoms with Gasteiger partial charge in [-0.1, -0.05) is 12.1 Å². The maximum absolute atomic E-state index is 11.6. The quantitative estimate of drug-likeness (QED) is 0.845. The van der Waals surface area contributed by atoms with Crippen molar-refractivity contribution in [3.8, 4) is 0 Å². The second-order valence-electron chi connectivity index (χ2n) is 5.70. The van der Waals surface area contributed by atoms with Gasteiger partial charge in [0.1, 0.15) is 0 Å². The van der Waals surface area contributed by atoms with Crippen LogP contribution in [0.4, 0.5) is 5.69 Å². The molecule has 108 valence electrons. The van der Waals surface area contributed by atoms with E-state index in [1.54, 1.807) is 0 Å². The van der Waals surface area contributed by atoms with E-state index in [0.717, 1.165) is 50.1 Å². The molecular weight excluding hydrogens is 274 g/mol. The third kappa shape index (κ3) is 2.99. The van der Waals surface area contributed by atoms with Gasteiger partial charge in [-0.2, -0.15) is 0 Å². The summed E-state index contributed by atoms with van der Waals surface area (Å²) in [5.74, 6) is 0.503. The lowest BCUT2D eigenvalue weighted by atomic mass is 9.92. The molecule has 3 nitrogen and oxygen atoms in total. The highest BCUT2D eigenvalue weighted by Crippen LogP contribution is 2.36. The van der Waals surface area contributed by atoms with Crippen LogP contribution in [-0.2, 0) is 16.0 Å². The van der Waals surface area contributed by atoms with Crippen molar-refractivity contribution in [2.75, 3.05) is 18.5 Å². The van der Waals surface area contributed by atoms with Crippen molar-refractivity contribution in [3.63, 3.8) is 0 Å². The second-order valence-corrected chi connectivity index (χ2v) is 6.17. The van der Waals surface area contributed by atoms with Crippen LogP contribution in [-0.4, -0.2) is 19.1 Å². The first kappa shape index (κ1) is 13.9. The number of hydrogen-bond donors (Lipinski definition) is 1. The van der Waals surface area contributed by atoms with E-state index in [1.165, 1.54) is 5.56 Å². The van der Waals surface area contributed by atoms with Crippen molar-refractivity contribution in [3.05, 3.63) is 29.3 Å². The van der Waals surface area contributed by atoms with Crippen LogP contribution in [0, 0.1) is 5.92 Å². The fourth-order valence-corrected chi connectivity index (χ4v) is 3.37. The summed E-state index contributed by atoms with van der Waals surface area (Å²) in [7, 11) is 0. The highest BCUT2D eigenvalue weighted by Gasteiger charge is 2.24. The molecule has 0 aliphatic carbocycles. The SMILES string of the molecule is O=C1CCCc2cc(C(Cl)C3CCCOC3)ccc2N1. The molecule has 2 aliphatic heterocycles. The lowest BCUT2D eigenvalue weighted by molar-refractivity contribution is -0.116. The third-order valence-corrected chi connectivity index (χ3v) is 4.79. The molecule has 1 N–H and O–H groups in total. The van der Waals surface area contributed by atoms with Gasteiger partial charge in [0.25, 0.3) is 0 Å². The van der Waals surface area contributed by atoms with Crippen molar-refractivity contribution >= 4 is 23.2 Å². The molecule has 1 aromatic carbocycles. The zero-order chi connectivity index (χ0) is 13.9. The molecule has 1 fully saturated rings. The second kappa shape index (κ2) is 6.15. The average molecular weight is 294 g/mol. The van der Waals surface area contributed by atoms with E-state index >= 15 is 0 Å². The van der Waals surface area contributed by atoms with E-state index < -0.39 is 0 Å². The number of amides is 1. The van der Waals surface area contributed by atoms with Gasteiger partial charge in [0.05, 0.1) is 12.0 Å². The van der Waals surface area contributed by atoms with Gasteiger partial charge in [0.15, 0.2) is 0 Å². The predicted molar refractivity (Wildman–Crippen MR) is 80.1 cm³/mol. The van der Waals surface area contributed by atoms with Crippen LogP contribution in [0.15, 0.2) is 18.2 Å². The first-order valence-corrected chi connectivity index (χ1v) is 7.82. The van der Waals surface area contributed by atoms with Crippen molar-refractivity contribution < 1.29 is 9.53 Å². The summed E-state index contributed by atoms with van der Waals surface area (Å²) in [5.41, 5.74) is 3.30. The molecule has 0 saturated carbocycles. The minimum absolute atomic E-state index is 0.000412. The molecule has 20 heavy (non-hydrogen) atoms. The standard InChI is InChI=1S/C16H20ClNO2/c17-16(13-4-2-8-20-10-13)12-6-7-14-11(9-12)3-1-5-15(19)18-14/h6-7,9,13,16H,1-5,8,10H2,(H,18,19). The minimum Gasteiger partial charge on any atom is -0.381 e. The third-order valence-electron chi connectivity index (χ3n) is 4.18. The number of aryl methyl sites for hydroxylation is 1. The predicted octanol–water partition coefficient (Wildman–Crippen LogP) is 3.67. The fraction of sp³-hybridized carbons (Fsp3) is 0.562. The monoisotopic (exact) mass is 293 g/mol. The lowest BCUT2D eigenvalue weighted by Gasteiger charge is -2.27. The smallest absolute Gasteiger partial charge is 0.224 e. The summed E-state index contributed by atoms with van der Waals surface area (Å²) in [6, 6.07) is 6.19. The topological polar surface area (TPSA) is 38.3 Å². The summed E-state index contributed by atoms with van der Waals surface area (Å²) in [6.45, 7) is 1.61. The van der Waals surface area contributed by atoms with E-state index in [4.69, 9.17) is 16.3 Å². The van der Waals surface area contributed by atoms with Gasteiger partial charge in [-0.3, -0.25) is 4.79 Å². The molecule has 0 bridgehead atoms. The summed E-state index contributed by atoms with van der Waals surface area (Å²) >= 11 is 6.63. The molecule has 2 heterocycles. The van der Waals surface area contributed by atoms with E-state index in [0.29, 0.717) is 12.3 Å². The Bertz CT molecular complexity index is 497. The van der Waals surface area contributed by atoms with Crippen molar-refractivity contribution in [1.82, 2.24) is 0 Å².